The molecule has 1 aromatic carbocycles. The van der Waals surface area contributed by atoms with Crippen molar-refractivity contribution in [1.29, 1.82) is 0 Å². The standard InChI is InChI=1S/C13H16N2O2/c1-2-3-4-11-10-7-9(8-13(16)17)5-6-12(10)15-14-11/h5-7H,2-4,8H2,1H3,(H,14,15)(H,16,17). The van der Waals surface area contributed by atoms with Gasteiger partial charge in [-0.3, -0.25) is 9.89 Å². The summed E-state index contributed by atoms with van der Waals surface area (Å²) >= 11 is 0. The molecule has 0 spiro atoms. The lowest BCUT2D eigenvalue weighted by Crippen LogP contribution is -1.99. The number of aliphatic carboxylic acids is 1. The predicted molar refractivity (Wildman–Crippen MR) is 66.0 cm³/mol. The molecule has 4 nitrogen and oxygen atoms in total. The van der Waals surface area contributed by atoms with Gasteiger partial charge in [-0.1, -0.05) is 19.4 Å². The molecular weight excluding hydrogens is 216 g/mol. The van der Waals surface area contributed by atoms with Crippen molar-refractivity contribution in [3.05, 3.63) is 29.5 Å². The summed E-state index contributed by atoms with van der Waals surface area (Å²) in [6.07, 6.45) is 3.23. The van der Waals surface area contributed by atoms with Crippen LogP contribution in [0, 0.1) is 0 Å². The lowest BCUT2D eigenvalue weighted by Gasteiger charge is -1.99. The average Bonchev–Trinajstić information content (AvgIpc) is 2.68. The summed E-state index contributed by atoms with van der Waals surface area (Å²) in [5.41, 5.74) is 2.84. The zero-order valence-electron chi connectivity index (χ0n) is 9.86. The molecule has 0 saturated carbocycles. The Hall–Kier alpha value is -1.84. The van der Waals surface area contributed by atoms with Crippen molar-refractivity contribution in [2.24, 2.45) is 0 Å². The third kappa shape index (κ3) is 2.64. The second kappa shape index (κ2) is 4.99. The van der Waals surface area contributed by atoms with Crippen LogP contribution in [0.2, 0.25) is 0 Å². The van der Waals surface area contributed by atoms with Crippen LogP contribution in [0.5, 0.6) is 0 Å². The Kier molecular flexibility index (Phi) is 3.42. The second-order valence-electron chi connectivity index (χ2n) is 4.22. The average molecular weight is 232 g/mol. The molecule has 0 unspecified atom stereocenters. The van der Waals surface area contributed by atoms with Crippen LogP contribution in [-0.2, 0) is 17.6 Å². The van der Waals surface area contributed by atoms with Gasteiger partial charge in [0.15, 0.2) is 0 Å². The first-order chi connectivity index (χ1) is 8.20. The SMILES string of the molecule is CCCCc1n[nH]c2ccc(CC(=O)O)cc12. The smallest absolute Gasteiger partial charge is 0.307 e. The minimum atomic E-state index is -0.803. The number of carboxylic acid groups (broad SMARTS) is 1. The summed E-state index contributed by atoms with van der Waals surface area (Å²) in [4.78, 5) is 10.7. The number of benzene rings is 1. The predicted octanol–water partition coefficient (Wildman–Crippen LogP) is 2.53. The van der Waals surface area contributed by atoms with Gasteiger partial charge in [-0.05, 0) is 30.5 Å². The van der Waals surface area contributed by atoms with Gasteiger partial charge in [-0.25, -0.2) is 0 Å². The van der Waals surface area contributed by atoms with Crippen molar-refractivity contribution < 1.29 is 9.90 Å². The Labute approximate surface area is 99.7 Å². The molecule has 0 amide bonds. The van der Waals surface area contributed by atoms with Gasteiger partial charge in [0.1, 0.15) is 0 Å². The summed E-state index contributed by atoms with van der Waals surface area (Å²) in [7, 11) is 0. The number of carbonyl (C=O) groups is 1. The number of carboxylic acids is 1. The van der Waals surface area contributed by atoms with E-state index in [9.17, 15) is 4.79 Å². The first-order valence-corrected chi connectivity index (χ1v) is 5.88. The van der Waals surface area contributed by atoms with E-state index in [1.807, 2.05) is 18.2 Å². The van der Waals surface area contributed by atoms with Gasteiger partial charge in [0.05, 0.1) is 17.6 Å². The maximum absolute atomic E-state index is 10.7. The summed E-state index contributed by atoms with van der Waals surface area (Å²) in [6.45, 7) is 2.14. The van der Waals surface area contributed by atoms with Crippen molar-refractivity contribution >= 4 is 16.9 Å². The zero-order chi connectivity index (χ0) is 12.3. The Morgan fingerprint density at radius 2 is 2.29 bits per heavy atom. The molecule has 4 heteroatoms. The van der Waals surface area contributed by atoms with Gasteiger partial charge in [0.2, 0.25) is 0 Å². The molecule has 0 atom stereocenters. The number of unbranched alkanes of at least 4 members (excludes halogenated alkanes) is 1. The van der Waals surface area contributed by atoms with E-state index in [1.54, 1.807) is 0 Å². The fourth-order valence-corrected chi connectivity index (χ4v) is 1.93. The number of nitrogens with zero attached hydrogens (tertiary/aromatic N) is 1. The number of hydrogen-bond acceptors (Lipinski definition) is 2. The molecule has 0 radical (unpaired) electrons. The molecule has 0 bridgehead atoms. The van der Waals surface area contributed by atoms with Crippen molar-refractivity contribution in [2.45, 2.75) is 32.6 Å². The van der Waals surface area contributed by atoms with Crippen LogP contribution >= 0.6 is 0 Å². The minimum Gasteiger partial charge on any atom is -0.481 e. The van der Waals surface area contributed by atoms with E-state index in [0.29, 0.717) is 0 Å². The molecule has 90 valence electrons. The molecule has 0 saturated heterocycles. The summed E-state index contributed by atoms with van der Waals surface area (Å²) in [5.74, 6) is -0.803. The second-order valence-corrected chi connectivity index (χ2v) is 4.22. The largest absolute Gasteiger partial charge is 0.481 e. The lowest BCUT2D eigenvalue weighted by molar-refractivity contribution is -0.136. The molecule has 0 aliphatic carbocycles. The van der Waals surface area contributed by atoms with E-state index < -0.39 is 5.97 Å². The minimum absolute atomic E-state index is 0.0638. The van der Waals surface area contributed by atoms with Crippen LogP contribution in [-0.4, -0.2) is 21.3 Å². The Morgan fingerprint density at radius 1 is 1.47 bits per heavy atom. The lowest BCUT2D eigenvalue weighted by atomic mass is 10.1. The Morgan fingerprint density at radius 3 is 3.00 bits per heavy atom. The maximum Gasteiger partial charge on any atom is 0.307 e. The molecule has 1 heterocycles. The quantitative estimate of drug-likeness (QED) is 0.832. The highest BCUT2D eigenvalue weighted by Gasteiger charge is 2.07. The monoisotopic (exact) mass is 232 g/mol. The van der Waals surface area contributed by atoms with Crippen LogP contribution in [0.1, 0.15) is 31.0 Å². The van der Waals surface area contributed by atoms with Crippen LogP contribution in [0.15, 0.2) is 18.2 Å². The van der Waals surface area contributed by atoms with Crippen molar-refractivity contribution in [2.75, 3.05) is 0 Å². The summed E-state index contributed by atoms with van der Waals surface area (Å²) in [5, 5.41) is 17.1. The third-order valence-corrected chi connectivity index (χ3v) is 2.83. The summed E-state index contributed by atoms with van der Waals surface area (Å²) in [6, 6.07) is 5.66. The number of H-pyrrole nitrogens is 1. The van der Waals surface area contributed by atoms with E-state index >= 15 is 0 Å². The van der Waals surface area contributed by atoms with Crippen LogP contribution in [0.4, 0.5) is 0 Å². The molecule has 1 aromatic heterocycles. The van der Waals surface area contributed by atoms with E-state index in [-0.39, 0.29) is 6.42 Å². The molecule has 17 heavy (non-hydrogen) atoms. The Bertz CT molecular complexity index is 531. The topological polar surface area (TPSA) is 66.0 Å². The summed E-state index contributed by atoms with van der Waals surface area (Å²) < 4.78 is 0. The molecule has 2 N–H and O–H groups in total. The number of rotatable bonds is 5. The molecule has 2 rings (SSSR count). The molecular formula is C13H16N2O2. The van der Waals surface area contributed by atoms with E-state index in [2.05, 4.69) is 17.1 Å². The van der Waals surface area contributed by atoms with Gasteiger partial charge in [-0.2, -0.15) is 5.10 Å². The van der Waals surface area contributed by atoms with Crippen molar-refractivity contribution in [1.82, 2.24) is 10.2 Å². The van der Waals surface area contributed by atoms with Crippen molar-refractivity contribution in [3.63, 3.8) is 0 Å². The fourth-order valence-electron chi connectivity index (χ4n) is 1.93. The molecule has 0 aliphatic heterocycles. The highest BCUT2D eigenvalue weighted by Crippen LogP contribution is 2.19. The number of aryl methyl sites for hydroxylation is 1. The van der Waals surface area contributed by atoms with Gasteiger partial charge in [0, 0.05) is 5.39 Å². The van der Waals surface area contributed by atoms with Crippen LogP contribution in [0.3, 0.4) is 0 Å². The first kappa shape index (κ1) is 11.6. The number of nitrogens with one attached hydrogen (secondary N) is 1. The normalized spacial score (nSPS) is 10.9. The van der Waals surface area contributed by atoms with E-state index in [1.165, 1.54) is 0 Å². The number of aromatic nitrogens is 2. The highest BCUT2D eigenvalue weighted by molar-refractivity contribution is 5.83. The van der Waals surface area contributed by atoms with E-state index in [4.69, 9.17) is 5.11 Å². The maximum atomic E-state index is 10.7. The van der Waals surface area contributed by atoms with Crippen molar-refractivity contribution in [3.8, 4) is 0 Å². The van der Waals surface area contributed by atoms with Gasteiger partial charge < -0.3 is 5.11 Å². The Balaban J connectivity index is 2.32. The van der Waals surface area contributed by atoms with Crippen LogP contribution in [0.25, 0.3) is 10.9 Å². The molecule has 0 aliphatic rings. The third-order valence-electron chi connectivity index (χ3n) is 2.83. The number of fused-ring (bicyclic) bond motifs is 1. The fraction of sp³-hybridized carbons (Fsp3) is 0.385. The zero-order valence-corrected chi connectivity index (χ0v) is 9.86. The van der Waals surface area contributed by atoms with Gasteiger partial charge >= 0.3 is 5.97 Å². The number of aromatic amines is 1. The molecule has 0 fully saturated rings. The molecule has 2 aromatic rings. The van der Waals surface area contributed by atoms with Crippen LogP contribution < -0.4 is 0 Å². The first-order valence-electron chi connectivity index (χ1n) is 5.88. The van der Waals surface area contributed by atoms with Gasteiger partial charge in [-0.15, -0.1) is 0 Å². The van der Waals surface area contributed by atoms with E-state index in [0.717, 1.165) is 41.4 Å². The van der Waals surface area contributed by atoms with Gasteiger partial charge in [0.25, 0.3) is 0 Å². The number of hydrogen-bond donors (Lipinski definition) is 2. The highest BCUT2D eigenvalue weighted by atomic mass is 16.4.